The Balaban J connectivity index is 1.60. The summed E-state index contributed by atoms with van der Waals surface area (Å²) in [6.45, 7) is 10.0. The SMILES string of the molecule is CC(C)Cn1ccnc1NC1C=CC=C(N2CCN(C)CC2)C1. The summed E-state index contributed by atoms with van der Waals surface area (Å²) in [5, 5.41) is 3.60. The smallest absolute Gasteiger partial charge is 0.203 e. The van der Waals surface area contributed by atoms with Crippen molar-refractivity contribution in [2.45, 2.75) is 32.9 Å². The number of imidazole rings is 1. The van der Waals surface area contributed by atoms with Crippen molar-refractivity contribution < 1.29 is 0 Å². The first-order valence-corrected chi connectivity index (χ1v) is 8.70. The molecule has 1 aliphatic heterocycles. The zero-order valence-corrected chi connectivity index (χ0v) is 14.6. The molecule has 0 amide bonds. The van der Waals surface area contributed by atoms with Crippen molar-refractivity contribution in [3.63, 3.8) is 0 Å². The Morgan fingerprint density at radius 2 is 2.04 bits per heavy atom. The fourth-order valence-electron chi connectivity index (χ4n) is 3.25. The van der Waals surface area contributed by atoms with Gasteiger partial charge in [-0.05, 0) is 19.0 Å². The molecule has 126 valence electrons. The molecule has 1 aliphatic carbocycles. The van der Waals surface area contributed by atoms with Crippen molar-refractivity contribution >= 4 is 5.95 Å². The van der Waals surface area contributed by atoms with Crippen molar-refractivity contribution in [1.29, 1.82) is 0 Å². The maximum absolute atomic E-state index is 4.49. The van der Waals surface area contributed by atoms with Gasteiger partial charge in [0.2, 0.25) is 5.95 Å². The standard InChI is InChI=1S/C18H29N5/c1-15(2)14-23-8-7-19-18(23)20-16-5-4-6-17(13-16)22-11-9-21(3)10-12-22/h4-8,15-16H,9-14H2,1-3H3,(H,19,20). The molecule has 5 heteroatoms. The van der Waals surface area contributed by atoms with E-state index in [9.17, 15) is 0 Å². The number of anilines is 1. The van der Waals surface area contributed by atoms with Crippen molar-refractivity contribution in [2.24, 2.45) is 5.92 Å². The molecule has 0 spiro atoms. The minimum Gasteiger partial charge on any atom is -0.372 e. The number of aromatic nitrogens is 2. The predicted molar refractivity (Wildman–Crippen MR) is 95.4 cm³/mol. The third-order valence-electron chi connectivity index (χ3n) is 4.56. The molecule has 23 heavy (non-hydrogen) atoms. The van der Waals surface area contributed by atoms with Crippen LogP contribution in [-0.2, 0) is 6.54 Å². The topological polar surface area (TPSA) is 36.3 Å². The average molecular weight is 315 g/mol. The summed E-state index contributed by atoms with van der Waals surface area (Å²) in [6.07, 6.45) is 11.7. The molecule has 0 saturated carbocycles. The van der Waals surface area contributed by atoms with Crippen LogP contribution in [0.3, 0.4) is 0 Å². The molecule has 1 aromatic rings. The van der Waals surface area contributed by atoms with Gasteiger partial charge >= 0.3 is 0 Å². The summed E-state index contributed by atoms with van der Waals surface area (Å²) in [6, 6.07) is 0.322. The summed E-state index contributed by atoms with van der Waals surface area (Å²) in [5.74, 6) is 1.60. The monoisotopic (exact) mass is 315 g/mol. The fourth-order valence-corrected chi connectivity index (χ4v) is 3.25. The van der Waals surface area contributed by atoms with Crippen molar-refractivity contribution in [3.05, 3.63) is 36.3 Å². The first-order valence-electron chi connectivity index (χ1n) is 8.70. The van der Waals surface area contributed by atoms with Crippen LogP contribution < -0.4 is 5.32 Å². The zero-order chi connectivity index (χ0) is 16.2. The predicted octanol–water partition coefficient (Wildman–Crippen LogP) is 2.41. The number of rotatable bonds is 5. The highest BCUT2D eigenvalue weighted by Gasteiger charge is 2.20. The molecule has 2 heterocycles. The van der Waals surface area contributed by atoms with Gasteiger partial charge in [-0.15, -0.1) is 0 Å². The number of hydrogen-bond donors (Lipinski definition) is 1. The third-order valence-corrected chi connectivity index (χ3v) is 4.56. The van der Waals surface area contributed by atoms with Gasteiger partial charge in [-0.3, -0.25) is 0 Å². The van der Waals surface area contributed by atoms with Gasteiger partial charge in [-0.1, -0.05) is 26.0 Å². The first kappa shape index (κ1) is 16.1. The van der Waals surface area contributed by atoms with E-state index in [-0.39, 0.29) is 0 Å². The van der Waals surface area contributed by atoms with Crippen molar-refractivity contribution in [3.8, 4) is 0 Å². The van der Waals surface area contributed by atoms with Gasteiger partial charge in [-0.25, -0.2) is 4.98 Å². The lowest BCUT2D eigenvalue weighted by atomic mass is 10.0. The summed E-state index contributed by atoms with van der Waals surface area (Å²) in [7, 11) is 2.20. The number of allylic oxidation sites excluding steroid dienone is 2. The van der Waals surface area contributed by atoms with Crippen LogP contribution in [0.2, 0.25) is 0 Å². The largest absolute Gasteiger partial charge is 0.372 e. The Labute approximate surface area is 139 Å². The van der Waals surface area contributed by atoms with Crippen molar-refractivity contribution in [1.82, 2.24) is 19.4 Å². The van der Waals surface area contributed by atoms with E-state index >= 15 is 0 Å². The second-order valence-electron chi connectivity index (χ2n) is 7.09. The highest BCUT2D eigenvalue weighted by Crippen LogP contribution is 2.21. The summed E-state index contributed by atoms with van der Waals surface area (Å²) < 4.78 is 2.21. The van der Waals surface area contributed by atoms with Crippen LogP contribution in [0.15, 0.2) is 36.3 Å². The minimum absolute atomic E-state index is 0.322. The van der Waals surface area contributed by atoms with E-state index in [0.717, 1.165) is 45.1 Å². The van der Waals surface area contributed by atoms with E-state index < -0.39 is 0 Å². The lowest BCUT2D eigenvalue weighted by molar-refractivity contribution is 0.181. The van der Waals surface area contributed by atoms with Crippen LogP contribution in [0.25, 0.3) is 0 Å². The Morgan fingerprint density at radius 3 is 2.78 bits per heavy atom. The van der Waals surface area contributed by atoms with Gasteiger partial charge in [0.15, 0.2) is 0 Å². The Morgan fingerprint density at radius 1 is 1.26 bits per heavy atom. The van der Waals surface area contributed by atoms with Crippen LogP contribution in [0.5, 0.6) is 0 Å². The van der Waals surface area contributed by atoms with Gasteiger partial charge in [0.1, 0.15) is 0 Å². The highest BCUT2D eigenvalue weighted by atomic mass is 15.3. The van der Waals surface area contributed by atoms with E-state index in [4.69, 9.17) is 0 Å². The Kier molecular flexibility index (Phi) is 5.06. The molecule has 1 fully saturated rings. The highest BCUT2D eigenvalue weighted by molar-refractivity contribution is 5.34. The summed E-state index contributed by atoms with van der Waals surface area (Å²) in [4.78, 5) is 9.41. The summed E-state index contributed by atoms with van der Waals surface area (Å²) in [5.41, 5.74) is 1.44. The molecule has 0 radical (unpaired) electrons. The molecule has 0 aromatic carbocycles. The molecule has 0 bridgehead atoms. The second-order valence-corrected chi connectivity index (χ2v) is 7.09. The van der Waals surface area contributed by atoms with E-state index in [1.54, 1.807) is 0 Å². The second kappa shape index (κ2) is 7.21. The van der Waals surface area contributed by atoms with Gasteiger partial charge in [0.05, 0.1) is 6.04 Å². The van der Waals surface area contributed by atoms with Crippen molar-refractivity contribution in [2.75, 3.05) is 38.5 Å². The summed E-state index contributed by atoms with van der Waals surface area (Å²) >= 11 is 0. The van der Waals surface area contributed by atoms with Crippen LogP contribution in [-0.4, -0.2) is 58.6 Å². The van der Waals surface area contributed by atoms with E-state index in [0.29, 0.717) is 12.0 Å². The molecular weight excluding hydrogens is 286 g/mol. The number of nitrogens with one attached hydrogen (secondary N) is 1. The van der Waals surface area contributed by atoms with E-state index in [2.05, 4.69) is 70.0 Å². The molecular formula is C18H29N5. The quantitative estimate of drug-likeness (QED) is 0.905. The Bertz CT molecular complexity index is 564. The van der Waals surface area contributed by atoms with Gasteiger partial charge in [0.25, 0.3) is 0 Å². The Hall–Kier alpha value is -1.75. The molecule has 3 rings (SSSR count). The van der Waals surface area contributed by atoms with Crippen LogP contribution in [0, 0.1) is 5.92 Å². The molecule has 1 atom stereocenters. The van der Waals surface area contributed by atoms with Crippen LogP contribution >= 0.6 is 0 Å². The first-order chi connectivity index (χ1) is 11.1. The molecule has 1 N–H and O–H groups in total. The third kappa shape index (κ3) is 4.16. The molecule has 2 aliphatic rings. The van der Waals surface area contributed by atoms with E-state index in [1.807, 2.05) is 6.20 Å². The average Bonchev–Trinajstić information content (AvgIpc) is 2.94. The molecule has 1 aromatic heterocycles. The molecule has 5 nitrogen and oxygen atoms in total. The molecule has 1 saturated heterocycles. The van der Waals surface area contributed by atoms with Crippen LogP contribution in [0.4, 0.5) is 5.95 Å². The minimum atomic E-state index is 0.322. The van der Waals surface area contributed by atoms with Gasteiger partial charge in [0, 0.05) is 57.2 Å². The maximum Gasteiger partial charge on any atom is 0.203 e. The molecule has 1 unspecified atom stereocenters. The number of nitrogens with zero attached hydrogens (tertiary/aromatic N) is 4. The lowest BCUT2D eigenvalue weighted by Crippen LogP contribution is -2.44. The zero-order valence-electron chi connectivity index (χ0n) is 14.6. The van der Waals surface area contributed by atoms with Gasteiger partial charge < -0.3 is 19.7 Å². The van der Waals surface area contributed by atoms with Crippen LogP contribution in [0.1, 0.15) is 20.3 Å². The number of piperazine rings is 1. The fraction of sp³-hybridized carbons (Fsp3) is 0.611. The van der Waals surface area contributed by atoms with E-state index in [1.165, 1.54) is 5.70 Å². The maximum atomic E-state index is 4.49. The lowest BCUT2D eigenvalue weighted by Gasteiger charge is -2.37. The van der Waals surface area contributed by atoms with Gasteiger partial charge in [-0.2, -0.15) is 0 Å². The normalized spacial score (nSPS) is 22.5. The number of hydrogen-bond acceptors (Lipinski definition) is 4. The number of likely N-dealkylation sites (N-methyl/N-ethyl adjacent to an activating group) is 1.